The summed E-state index contributed by atoms with van der Waals surface area (Å²) < 4.78 is 5.37. The highest BCUT2D eigenvalue weighted by Crippen LogP contribution is 2.51. The molecular weight excluding hydrogens is 628 g/mol. The fraction of sp³-hybridized carbons (Fsp3) is 0.649. The predicted octanol–water partition coefficient (Wildman–Crippen LogP) is 3.62. The number of piperidine rings is 1. The summed E-state index contributed by atoms with van der Waals surface area (Å²) in [7, 11) is 3.17. The molecule has 1 saturated heterocycles. The number of ketones is 3. The van der Waals surface area contributed by atoms with Crippen LogP contribution >= 0.6 is 0 Å². The van der Waals surface area contributed by atoms with Crippen LogP contribution in [0.1, 0.15) is 91.2 Å². The molecule has 12 heteroatoms. The number of Topliss-reactive ketones (excluding diaryl/α,β-unsaturated/α-hetero) is 3. The minimum absolute atomic E-state index is 0.00991. The van der Waals surface area contributed by atoms with E-state index in [9.17, 15) is 33.6 Å². The van der Waals surface area contributed by atoms with Crippen LogP contribution in [0.3, 0.4) is 0 Å². The van der Waals surface area contributed by atoms with Gasteiger partial charge in [0.05, 0.1) is 6.04 Å². The van der Waals surface area contributed by atoms with E-state index in [0.29, 0.717) is 18.5 Å². The van der Waals surface area contributed by atoms with Gasteiger partial charge in [-0.2, -0.15) is 0 Å². The number of likely N-dealkylation sites (tertiary alicyclic amines) is 1. The van der Waals surface area contributed by atoms with Gasteiger partial charge in [0.25, 0.3) is 0 Å². The van der Waals surface area contributed by atoms with E-state index in [2.05, 4.69) is 10.6 Å². The molecule has 4 amide bonds. The largest absolute Gasteiger partial charge is 0.444 e. The zero-order valence-electron chi connectivity index (χ0n) is 29.8. The highest BCUT2D eigenvalue weighted by molar-refractivity contribution is 6.38. The highest BCUT2D eigenvalue weighted by Gasteiger charge is 2.57. The van der Waals surface area contributed by atoms with Crippen LogP contribution in [0.25, 0.3) is 0 Å². The van der Waals surface area contributed by atoms with Crippen molar-refractivity contribution in [1.82, 2.24) is 20.4 Å². The van der Waals surface area contributed by atoms with Crippen LogP contribution in [0.4, 0.5) is 4.79 Å². The molecule has 1 aromatic rings. The zero-order chi connectivity index (χ0) is 36.2. The number of ether oxygens (including phenoxy) is 1. The molecule has 0 radical (unpaired) electrons. The van der Waals surface area contributed by atoms with Crippen molar-refractivity contribution in [3.63, 3.8) is 0 Å². The second-order valence-corrected chi connectivity index (χ2v) is 15.4. The predicted molar refractivity (Wildman–Crippen MR) is 181 cm³/mol. The Morgan fingerprint density at radius 1 is 0.959 bits per heavy atom. The van der Waals surface area contributed by atoms with Gasteiger partial charge < -0.3 is 25.2 Å². The number of likely N-dealkylation sites (N-methyl/N-ethyl adjacent to an activating group) is 1. The molecule has 0 bridgehead atoms. The van der Waals surface area contributed by atoms with Crippen molar-refractivity contribution in [1.29, 1.82) is 0 Å². The molecule has 268 valence electrons. The molecule has 2 aliphatic carbocycles. The lowest BCUT2D eigenvalue weighted by molar-refractivity contribution is -0.143. The Labute approximate surface area is 289 Å². The van der Waals surface area contributed by atoms with Crippen molar-refractivity contribution >= 4 is 41.2 Å². The average molecular weight is 681 g/mol. The first-order chi connectivity index (χ1) is 23.0. The smallest absolute Gasteiger partial charge is 0.408 e. The molecule has 2 saturated carbocycles. The van der Waals surface area contributed by atoms with Gasteiger partial charge in [-0.1, -0.05) is 57.0 Å². The maximum Gasteiger partial charge on any atom is 0.408 e. The van der Waals surface area contributed by atoms with Crippen molar-refractivity contribution in [2.75, 3.05) is 20.6 Å². The third-order valence-electron chi connectivity index (χ3n) is 9.48. The van der Waals surface area contributed by atoms with Gasteiger partial charge in [0.1, 0.15) is 17.7 Å². The van der Waals surface area contributed by atoms with Crippen molar-refractivity contribution in [2.24, 2.45) is 29.6 Å². The number of fused-ring (bicyclic) bond motifs is 1. The van der Waals surface area contributed by atoms with Gasteiger partial charge in [-0.25, -0.2) is 4.79 Å². The summed E-state index contributed by atoms with van der Waals surface area (Å²) in [5.74, 6) is -3.57. The van der Waals surface area contributed by atoms with Crippen LogP contribution < -0.4 is 10.6 Å². The fourth-order valence-electron chi connectivity index (χ4n) is 6.64. The Morgan fingerprint density at radius 3 is 2.18 bits per heavy atom. The van der Waals surface area contributed by atoms with Gasteiger partial charge in [0, 0.05) is 45.8 Å². The number of benzene rings is 1. The van der Waals surface area contributed by atoms with Crippen molar-refractivity contribution in [2.45, 2.75) is 103 Å². The monoisotopic (exact) mass is 680 g/mol. The number of alkyl carbamates (subject to hydrolysis) is 1. The van der Waals surface area contributed by atoms with Crippen LogP contribution in [0, 0.1) is 29.6 Å². The molecule has 12 nitrogen and oxygen atoms in total. The summed E-state index contributed by atoms with van der Waals surface area (Å²) in [6.45, 7) is 9.22. The first kappa shape index (κ1) is 37.7. The fourth-order valence-corrected chi connectivity index (χ4v) is 6.64. The van der Waals surface area contributed by atoms with Crippen LogP contribution in [0.2, 0.25) is 0 Å². The van der Waals surface area contributed by atoms with Gasteiger partial charge in [0.15, 0.2) is 11.6 Å². The van der Waals surface area contributed by atoms with E-state index in [4.69, 9.17) is 4.74 Å². The number of carbonyl (C=O) groups is 7. The Kier molecular flexibility index (Phi) is 12.0. The summed E-state index contributed by atoms with van der Waals surface area (Å²) in [5, 5.41) is 5.38. The van der Waals surface area contributed by atoms with Gasteiger partial charge in [0.2, 0.25) is 23.5 Å². The highest BCUT2D eigenvalue weighted by atomic mass is 16.6. The summed E-state index contributed by atoms with van der Waals surface area (Å²) >= 11 is 0. The number of nitrogens with one attached hydrogen (secondary N) is 2. The van der Waals surface area contributed by atoms with Crippen LogP contribution in [0.15, 0.2) is 30.3 Å². The average Bonchev–Trinajstić information content (AvgIpc) is 3.97. The summed E-state index contributed by atoms with van der Waals surface area (Å²) in [6, 6.07) is 6.21. The lowest BCUT2D eigenvalue weighted by atomic mass is 9.86. The lowest BCUT2D eigenvalue weighted by Gasteiger charge is -2.33. The number of nitrogens with zero attached hydrogens (tertiary/aromatic N) is 2. The third-order valence-corrected chi connectivity index (χ3v) is 9.48. The minimum Gasteiger partial charge on any atom is -0.444 e. The molecule has 1 aliphatic heterocycles. The Balaban J connectivity index is 1.39. The maximum absolute atomic E-state index is 13.9. The van der Waals surface area contributed by atoms with Gasteiger partial charge in [-0.15, -0.1) is 0 Å². The van der Waals surface area contributed by atoms with E-state index in [1.807, 2.05) is 13.8 Å². The summed E-state index contributed by atoms with van der Waals surface area (Å²) in [5.41, 5.74) is -0.152. The topological polar surface area (TPSA) is 159 Å². The normalized spacial score (nSPS) is 21.6. The van der Waals surface area contributed by atoms with Crippen LogP contribution in [0.5, 0.6) is 0 Å². The molecule has 1 heterocycles. The quantitative estimate of drug-likeness (QED) is 0.251. The number of hydrogen-bond acceptors (Lipinski definition) is 8. The first-order valence-corrected chi connectivity index (χ1v) is 17.4. The summed E-state index contributed by atoms with van der Waals surface area (Å²) in [4.78, 5) is 95.6. The van der Waals surface area contributed by atoms with Crippen molar-refractivity contribution in [3.8, 4) is 0 Å². The van der Waals surface area contributed by atoms with E-state index in [0.717, 1.165) is 19.3 Å². The number of carbonyl (C=O) groups excluding carboxylic acids is 7. The third kappa shape index (κ3) is 10.2. The summed E-state index contributed by atoms with van der Waals surface area (Å²) in [6.07, 6.45) is 1.54. The SMILES string of the molecule is CC(C)[C@H](NC(=O)OC(C)(C)C)C(=O)N1C[C@@H]2C[C@@H]2[C@H]1C(=O)CC(CC1CC1)C(=O)C(=O)CCC(=O)N[C@H](C(=O)N(C)C)c1ccccc1. The molecule has 1 aromatic carbocycles. The lowest BCUT2D eigenvalue weighted by Crippen LogP contribution is -2.55. The molecule has 4 rings (SSSR count). The second kappa shape index (κ2) is 15.6. The molecule has 0 aromatic heterocycles. The molecule has 0 spiro atoms. The number of rotatable bonds is 16. The first-order valence-electron chi connectivity index (χ1n) is 17.4. The van der Waals surface area contributed by atoms with Crippen LogP contribution in [-0.2, 0) is 33.5 Å². The van der Waals surface area contributed by atoms with Gasteiger partial charge >= 0.3 is 6.09 Å². The zero-order valence-corrected chi connectivity index (χ0v) is 29.8. The number of amides is 4. The second-order valence-electron chi connectivity index (χ2n) is 15.4. The molecule has 6 atom stereocenters. The van der Waals surface area contributed by atoms with E-state index >= 15 is 0 Å². The molecule has 3 fully saturated rings. The standard InChI is InChI=1S/C37H52N4O8/c1-21(2)30(39-36(48)49-37(3,4)5)35(47)41-20-25-18-26(25)32(41)28(43)19-24(17-22-13-14-22)33(45)27(42)15-16-29(44)38-31(34(46)40(6)7)23-11-9-8-10-12-23/h8-12,21-22,24-26,30-32H,13-20H2,1-7H3,(H,38,44)(H,39,48)/t24?,25-,26-,30-,31-,32-/m0/s1. The molecule has 2 N–H and O–H groups in total. The van der Waals surface area contributed by atoms with Crippen LogP contribution in [-0.4, -0.2) is 89.3 Å². The Hall–Kier alpha value is -4.09. The van der Waals surface area contributed by atoms with Gasteiger partial charge in [-0.3, -0.25) is 28.8 Å². The number of hydrogen-bond donors (Lipinski definition) is 2. The van der Waals surface area contributed by atoms with Crippen molar-refractivity contribution < 1.29 is 38.3 Å². The Bertz CT molecular complexity index is 1430. The van der Waals surface area contributed by atoms with Gasteiger partial charge in [-0.05, 0) is 62.8 Å². The van der Waals surface area contributed by atoms with E-state index in [1.165, 1.54) is 4.90 Å². The molecule has 3 aliphatic rings. The van der Waals surface area contributed by atoms with E-state index in [1.54, 1.807) is 70.1 Å². The van der Waals surface area contributed by atoms with E-state index < -0.39 is 53.2 Å². The molecular formula is C37H52N4O8. The molecule has 1 unspecified atom stereocenters. The maximum atomic E-state index is 13.9. The Morgan fingerprint density at radius 2 is 1.61 bits per heavy atom. The van der Waals surface area contributed by atoms with Crippen molar-refractivity contribution in [3.05, 3.63) is 35.9 Å². The minimum atomic E-state index is -0.937. The molecule has 49 heavy (non-hydrogen) atoms. The van der Waals surface area contributed by atoms with E-state index in [-0.39, 0.29) is 60.5 Å².